The third-order valence-electron chi connectivity index (χ3n) is 3.89. The highest BCUT2D eigenvalue weighted by atomic mass is 32.2. The Morgan fingerprint density at radius 1 is 1.30 bits per heavy atom. The van der Waals surface area contributed by atoms with E-state index >= 15 is 0 Å². The SMILES string of the molecule is CC1(NS(=O)(=O)c2ccc(F)c(CN)c2)CCCCC1. The van der Waals surface area contributed by atoms with Crippen LogP contribution in [0.1, 0.15) is 44.6 Å². The molecular formula is C14H21FN2O2S. The van der Waals surface area contributed by atoms with Gasteiger partial charge in [-0.1, -0.05) is 19.3 Å². The van der Waals surface area contributed by atoms with Crippen LogP contribution in [0.2, 0.25) is 0 Å². The maximum absolute atomic E-state index is 13.4. The van der Waals surface area contributed by atoms with E-state index in [4.69, 9.17) is 5.73 Å². The van der Waals surface area contributed by atoms with E-state index in [1.54, 1.807) is 0 Å². The smallest absolute Gasteiger partial charge is 0.241 e. The molecule has 0 unspecified atom stereocenters. The van der Waals surface area contributed by atoms with Crippen molar-refractivity contribution in [3.05, 3.63) is 29.6 Å². The molecule has 0 aliphatic heterocycles. The molecule has 6 heteroatoms. The molecule has 0 spiro atoms. The first-order valence-electron chi connectivity index (χ1n) is 6.89. The molecule has 3 N–H and O–H groups in total. The van der Waals surface area contributed by atoms with Crippen LogP contribution in [0.15, 0.2) is 23.1 Å². The highest BCUT2D eigenvalue weighted by Gasteiger charge is 2.32. The van der Waals surface area contributed by atoms with Crippen LogP contribution in [0, 0.1) is 5.82 Å². The van der Waals surface area contributed by atoms with Crippen molar-refractivity contribution in [1.82, 2.24) is 4.72 Å². The number of hydrogen-bond donors (Lipinski definition) is 2. The van der Waals surface area contributed by atoms with Gasteiger partial charge >= 0.3 is 0 Å². The predicted molar refractivity (Wildman–Crippen MR) is 76.1 cm³/mol. The number of hydrogen-bond acceptors (Lipinski definition) is 3. The zero-order valence-electron chi connectivity index (χ0n) is 11.7. The lowest BCUT2D eigenvalue weighted by molar-refractivity contribution is 0.294. The fraction of sp³-hybridized carbons (Fsp3) is 0.571. The second-order valence-corrected chi connectivity index (χ2v) is 7.37. The Morgan fingerprint density at radius 3 is 2.55 bits per heavy atom. The summed E-state index contributed by atoms with van der Waals surface area (Å²) in [5.41, 5.74) is 5.22. The van der Waals surface area contributed by atoms with Gasteiger partial charge in [-0.15, -0.1) is 0 Å². The molecule has 0 atom stereocenters. The predicted octanol–water partition coefficient (Wildman–Crippen LogP) is 2.29. The summed E-state index contributed by atoms with van der Waals surface area (Å²) >= 11 is 0. The maximum Gasteiger partial charge on any atom is 0.241 e. The minimum atomic E-state index is -3.64. The van der Waals surface area contributed by atoms with Gasteiger partial charge in [0, 0.05) is 17.6 Å². The van der Waals surface area contributed by atoms with Crippen molar-refractivity contribution in [3.63, 3.8) is 0 Å². The van der Waals surface area contributed by atoms with Crippen LogP contribution >= 0.6 is 0 Å². The number of halogens is 1. The van der Waals surface area contributed by atoms with Gasteiger partial charge in [-0.05, 0) is 38.0 Å². The van der Waals surface area contributed by atoms with Crippen molar-refractivity contribution in [2.75, 3.05) is 0 Å². The molecule has 0 bridgehead atoms. The maximum atomic E-state index is 13.4. The quantitative estimate of drug-likeness (QED) is 0.896. The van der Waals surface area contributed by atoms with E-state index in [-0.39, 0.29) is 17.0 Å². The van der Waals surface area contributed by atoms with E-state index in [1.807, 2.05) is 6.92 Å². The third-order valence-corrected chi connectivity index (χ3v) is 5.52. The van der Waals surface area contributed by atoms with Gasteiger partial charge in [0.2, 0.25) is 10.0 Å². The molecule has 0 heterocycles. The fourth-order valence-corrected chi connectivity index (χ4v) is 4.21. The molecule has 0 radical (unpaired) electrons. The van der Waals surface area contributed by atoms with E-state index in [0.717, 1.165) is 38.2 Å². The molecule has 0 amide bonds. The third kappa shape index (κ3) is 3.37. The monoisotopic (exact) mass is 300 g/mol. The largest absolute Gasteiger partial charge is 0.326 e. The summed E-state index contributed by atoms with van der Waals surface area (Å²) in [6.45, 7) is 1.91. The Morgan fingerprint density at radius 2 is 1.95 bits per heavy atom. The van der Waals surface area contributed by atoms with E-state index in [1.165, 1.54) is 12.1 Å². The first kappa shape index (κ1) is 15.4. The lowest BCUT2D eigenvalue weighted by atomic mass is 9.84. The molecular weight excluding hydrogens is 279 g/mol. The molecule has 1 aliphatic rings. The van der Waals surface area contributed by atoms with Gasteiger partial charge in [-0.3, -0.25) is 0 Å². The molecule has 20 heavy (non-hydrogen) atoms. The van der Waals surface area contributed by atoms with E-state index in [0.29, 0.717) is 0 Å². The molecule has 2 rings (SSSR count). The lowest BCUT2D eigenvalue weighted by Crippen LogP contribution is -2.47. The molecule has 112 valence electrons. The molecule has 1 aromatic carbocycles. The van der Waals surface area contributed by atoms with Gasteiger partial charge in [0.1, 0.15) is 5.82 Å². The van der Waals surface area contributed by atoms with Crippen molar-refractivity contribution in [3.8, 4) is 0 Å². The minimum Gasteiger partial charge on any atom is -0.326 e. The van der Waals surface area contributed by atoms with Gasteiger partial charge in [-0.25, -0.2) is 17.5 Å². The van der Waals surface area contributed by atoms with Gasteiger partial charge in [-0.2, -0.15) is 0 Å². The second kappa shape index (κ2) is 5.79. The van der Waals surface area contributed by atoms with Gasteiger partial charge in [0.15, 0.2) is 0 Å². The molecule has 0 aromatic heterocycles. The first-order valence-corrected chi connectivity index (χ1v) is 8.37. The summed E-state index contributed by atoms with van der Waals surface area (Å²) in [5, 5.41) is 0. The Kier molecular flexibility index (Phi) is 4.46. The molecule has 1 fully saturated rings. The van der Waals surface area contributed by atoms with Crippen LogP contribution in [0.5, 0.6) is 0 Å². The van der Waals surface area contributed by atoms with E-state index in [9.17, 15) is 12.8 Å². The van der Waals surface area contributed by atoms with Crippen LogP contribution in [0.4, 0.5) is 4.39 Å². The van der Waals surface area contributed by atoms with Crippen LogP contribution in [-0.4, -0.2) is 14.0 Å². The lowest BCUT2D eigenvalue weighted by Gasteiger charge is -2.34. The Hall–Kier alpha value is -0.980. The first-order chi connectivity index (χ1) is 9.36. The normalized spacial score (nSPS) is 18.9. The summed E-state index contributed by atoms with van der Waals surface area (Å²) in [5.74, 6) is -0.477. The highest BCUT2D eigenvalue weighted by molar-refractivity contribution is 7.89. The average Bonchev–Trinajstić information content (AvgIpc) is 2.38. The Bertz CT molecular complexity index is 581. The van der Waals surface area contributed by atoms with Crippen LogP contribution in [0.3, 0.4) is 0 Å². The van der Waals surface area contributed by atoms with E-state index in [2.05, 4.69) is 4.72 Å². The minimum absolute atomic E-state index is 0.0214. The van der Waals surface area contributed by atoms with Gasteiger partial charge < -0.3 is 5.73 Å². The molecule has 0 saturated heterocycles. The molecule has 1 aromatic rings. The zero-order chi connectivity index (χ0) is 14.8. The topological polar surface area (TPSA) is 72.2 Å². The van der Waals surface area contributed by atoms with Crippen molar-refractivity contribution in [1.29, 1.82) is 0 Å². The van der Waals surface area contributed by atoms with Gasteiger partial charge in [0.25, 0.3) is 0 Å². The Labute approximate surface area is 119 Å². The number of nitrogens with two attached hydrogens (primary N) is 1. The number of rotatable bonds is 4. The van der Waals surface area contributed by atoms with Gasteiger partial charge in [0.05, 0.1) is 4.90 Å². The van der Waals surface area contributed by atoms with Crippen LogP contribution in [-0.2, 0) is 16.6 Å². The van der Waals surface area contributed by atoms with Crippen molar-refractivity contribution in [2.24, 2.45) is 5.73 Å². The average molecular weight is 300 g/mol. The molecule has 1 saturated carbocycles. The number of benzene rings is 1. The van der Waals surface area contributed by atoms with Crippen molar-refractivity contribution < 1.29 is 12.8 Å². The Balaban J connectivity index is 2.26. The van der Waals surface area contributed by atoms with Crippen LogP contribution in [0.25, 0.3) is 0 Å². The van der Waals surface area contributed by atoms with Crippen molar-refractivity contribution >= 4 is 10.0 Å². The fourth-order valence-electron chi connectivity index (χ4n) is 2.69. The standard InChI is InChI=1S/C14H21FN2O2S/c1-14(7-3-2-4-8-14)17-20(18,19)12-5-6-13(15)11(9-12)10-16/h5-6,9,17H,2-4,7-8,10,16H2,1H3. The zero-order valence-corrected chi connectivity index (χ0v) is 12.5. The molecule has 4 nitrogen and oxygen atoms in total. The van der Waals surface area contributed by atoms with Crippen LogP contribution < -0.4 is 10.5 Å². The molecule has 1 aliphatic carbocycles. The van der Waals surface area contributed by atoms with E-state index < -0.39 is 21.4 Å². The summed E-state index contributed by atoms with van der Waals surface area (Å²) in [4.78, 5) is 0.0751. The summed E-state index contributed by atoms with van der Waals surface area (Å²) < 4.78 is 41.0. The summed E-state index contributed by atoms with van der Waals surface area (Å²) in [6.07, 6.45) is 4.85. The number of sulfonamides is 1. The summed E-state index contributed by atoms with van der Waals surface area (Å²) in [7, 11) is -3.64. The second-order valence-electron chi connectivity index (χ2n) is 5.68. The van der Waals surface area contributed by atoms with Crippen molar-refractivity contribution in [2.45, 2.75) is 56.0 Å². The number of nitrogens with one attached hydrogen (secondary N) is 1. The highest BCUT2D eigenvalue weighted by Crippen LogP contribution is 2.29. The summed E-state index contributed by atoms with van der Waals surface area (Å²) in [6, 6.07) is 3.74.